The Balaban J connectivity index is 2.65. The average Bonchev–Trinajstić information content (AvgIpc) is 2.26. The van der Waals surface area contributed by atoms with Gasteiger partial charge < -0.3 is 4.74 Å². The molecule has 90 valence electrons. The van der Waals surface area contributed by atoms with Crippen LogP contribution in [0.2, 0.25) is 0 Å². The predicted octanol–water partition coefficient (Wildman–Crippen LogP) is 4.37. The minimum Gasteiger partial charge on any atom is -0.493 e. The quantitative estimate of drug-likeness (QED) is 0.691. The van der Waals surface area contributed by atoms with Crippen molar-refractivity contribution in [2.24, 2.45) is 5.92 Å². The second-order valence-electron chi connectivity index (χ2n) is 4.90. The maximum atomic E-state index is 5.74. The van der Waals surface area contributed by atoms with Crippen LogP contribution < -0.4 is 4.74 Å². The molecule has 0 saturated carbocycles. The molecule has 0 fully saturated rings. The molecule has 0 aliphatic carbocycles. The molecule has 1 heteroatoms. The zero-order chi connectivity index (χ0) is 12.0. The van der Waals surface area contributed by atoms with Crippen LogP contribution >= 0.6 is 0 Å². The molecule has 0 saturated heterocycles. The van der Waals surface area contributed by atoms with E-state index in [1.165, 1.54) is 30.4 Å². The molecule has 0 radical (unpaired) electrons. The Morgan fingerprint density at radius 3 is 2.62 bits per heavy atom. The third kappa shape index (κ3) is 4.26. The zero-order valence-electron chi connectivity index (χ0n) is 11.0. The highest BCUT2D eigenvalue weighted by Gasteiger charge is 2.02. The van der Waals surface area contributed by atoms with E-state index in [1.807, 2.05) is 0 Å². The fourth-order valence-electron chi connectivity index (χ4n) is 1.64. The number of ether oxygens (including phenoxy) is 1. The lowest BCUT2D eigenvalue weighted by molar-refractivity contribution is 0.271. The molecule has 16 heavy (non-hydrogen) atoms. The van der Waals surface area contributed by atoms with E-state index in [9.17, 15) is 0 Å². The minimum absolute atomic E-state index is 0.584. The molecule has 0 aliphatic rings. The summed E-state index contributed by atoms with van der Waals surface area (Å²) in [6.45, 7) is 9.56. The number of hydrogen-bond donors (Lipinski definition) is 0. The lowest BCUT2D eigenvalue weighted by Gasteiger charge is -2.11. The first-order valence-corrected chi connectivity index (χ1v) is 6.35. The summed E-state index contributed by atoms with van der Waals surface area (Å²) in [7, 11) is 0. The average molecular weight is 220 g/mol. The number of aryl methyl sites for hydroxylation is 2. The molecular weight excluding hydrogens is 196 g/mol. The molecule has 0 aromatic heterocycles. The van der Waals surface area contributed by atoms with Gasteiger partial charge >= 0.3 is 0 Å². The van der Waals surface area contributed by atoms with Gasteiger partial charge in [0.05, 0.1) is 6.61 Å². The molecule has 0 heterocycles. The van der Waals surface area contributed by atoms with E-state index in [0.29, 0.717) is 5.92 Å². The Labute approximate surface area is 99.8 Å². The third-order valence-corrected chi connectivity index (χ3v) is 2.70. The van der Waals surface area contributed by atoms with Crippen LogP contribution in [0.15, 0.2) is 18.2 Å². The van der Waals surface area contributed by atoms with Crippen molar-refractivity contribution in [3.8, 4) is 5.75 Å². The molecule has 1 rings (SSSR count). The second-order valence-corrected chi connectivity index (χ2v) is 4.90. The molecule has 0 N–H and O–H groups in total. The first kappa shape index (κ1) is 13.1. The van der Waals surface area contributed by atoms with Crippen LogP contribution in [0.1, 0.15) is 44.7 Å². The summed E-state index contributed by atoms with van der Waals surface area (Å²) in [5, 5.41) is 0. The first-order valence-electron chi connectivity index (χ1n) is 6.35. The Kier molecular flexibility index (Phi) is 5.37. The zero-order valence-corrected chi connectivity index (χ0v) is 11.0. The summed E-state index contributed by atoms with van der Waals surface area (Å²) in [4.78, 5) is 0. The summed E-state index contributed by atoms with van der Waals surface area (Å²) >= 11 is 0. The summed E-state index contributed by atoms with van der Waals surface area (Å²) in [6, 6.07) is 6.45. The number of rotatable bonds is 6. The Morgan fingerprint density at radius 2 is 2.00 bits per heavy atom. The minimum atomic E-state index is 0.584. The van der Waals surface area contributed by atoms with Crippen molar-refractivity contribution in [2.45, 2.75) is 47.0 Å². The van der Waals surface area contributed by atoms with E-state index in [0.717, 1.165) is 12.4 Å². The molecule has 1 aromatic carbocycles. The summed E-state index contributed by atoms with van der Waals surface area (Å²) in [5.74, 6) is 1.60. The van der Waals surface area contributed by atoms with E-state index < -0.39 is 0 Å². The predicted molar refractivity (Wildman–Crippen MR) is 70.1 cm³/mol. The smallest absolute Gasteiger partial charge is 0.119 e. The van der Waals surface area contributed by atoms with Gasteiger partial charge in [-0.25, -0.2) is 0 Å². The van der Waals surface area contributed by atoms with Gasteiger partial charge in [-0.15, -0.1) is 0 Å². The van der Waals surface area contributed by atoms with E-state index in [-0.39, 0.29) is 0 Å². The standard InChI is InChI=1S/C15H24O/c1-5-6-7-14-10-15(9-8-13(14)4)16-11-12(2)3/h8-10,12H,5-7,11H2,1-4H3. The first-order chi connectivity index (χ1) is 7.63. The van der Waals surface area contributed by atoms with Gasteiger partial charge in [-0.1, -0.05) is 33.3 Å². The second kappa shape index (κ2) is 6.57. The largest absolute Gasteiger partial charge is 0.493 e. The van der Waals surface area contributed by atoms with Gasteiger partial charge in [-0.2, -0.15) is 0 Å². The highest BCUT2D eigenvalue weighted by molar-refractivity contribution is 5.35. The molecule has 0 aliphatic heterocycles. The Morgan fingerprint density at radius 1 is 1.25 bits per heavy atom. The van der Waals surface area contributed by atoms with Crippen LogP contribution in [0.4, 0.5) is 0 Å². The molecule has 0 amide bonds. The van der Waals surface area contributed by atoms with Crippen molar-refractivity contribution in [3.63, 3.8) is 0 Å². The third-order valence-electron chi connectivity index (χ3n) is 2.70. The monoisotopic (exact) mass is 220 g/mol. The van der Waals surface area contributed by atoms with E-state index >= 15 is 0 Å². The lowest BCUT2D eigenvalue weighted by Crippen LogP contribution is -2.05. The van der Waals surface area contributed by atoms with Gasteiger partial charge in [-0.3, -0.25) is 0 Å². The van der Waals surface area contributed by atoms with Gasteiger partial charge in [0.2, 0.25) is 0 Å². The van der Waals surface area contributed by atoms with E-state index in [2.05, 4.69) is 45.9 Å². The molecule has 0 unspecified atom stereocenters. The van der Waals surface area contributed by atoms with Crippen molar-refractivity contribution >= 4 is 0 Å². The normalized spacial score (nSPS) is 10.8. The SMILES string of the molecule is CCCCc1cc(OCC(C)C)ccc1C. The van der Waals surface area contributed by atoms with E-state index in [4.69, 9.17) is 4.74 Å². The molecular formula is C15H24O. The van der Waals surface area contributed by atoms with Crippen LogP contribution in [0.3, 0.4) is 0 Å². The molecule has 0 spiro atoms. The van der Waals surface area contributed by atoms with Crippen LogP contribution in [-0.4, -0.2) is 6.61 Å². The van der Waals surface area contributed by atoms with Gasteiger partial charge in [0.15, 0.2) is 0 Å². The molecule has 1 nitrogen and oxygen atoms in total. The molecule has 0 bridgehead atoms. The highest BCUT2D eigenvalue weighted by atomic mass is 16.5. The summed E-state index contributed by atoms with van der Waals surface area (Å²) < 4.78 is 5.74. The van der Waals surface area contributed by atoms with Crippen LogP contribution in [0.25, 0.3) is 0 Å². The number of hydrogen-bond acceptors (Lipinski definition) is 1. The highest BCUT2D eigenvalue weighted by Crippen LogP contribution is 2.19. The van der Waals surface area contributed by atoms with E-state index in [1.54, 1.807) is 0 Å². The topological polar surface area (TPSA) is 9.23 Å². The van der Waals surface area contributed by atoms with Crippen molar-refractivity contribution in [1.82, 2.24) is 0 Å². The fraction of sp³-hybridized carbons (Fsp3) is 0.600. The van der Waals surface area contributed by atoms with Gasteiger partial charge in [0, 0.05) is 0 Å². The van der Waals surface area contributed by atoms with Crippen molar-refractivity contribution in [3.05, 3.63) is 29.3 Å². The van der Waals surface area contributed by atoms with Crippen LogP contribution in [-0.2, 0) is 6.42 Å². The summed E-state index contributed by atoms with van der Waals surface area (Å²) in [5.41, 5.74) is 2.81. The lowest BCUT2D eigenvalue weighted by atomic mass is 10.0. The van der Waals surface area contributed by atoms with Crippen molar-refractivity contribution in [1.29, 1.82) is 0 Å². The Hall–Kier alpha value is -0.980. The maximum Gasteiger partial charge on any atom is 0.119 e. The van der Waals surface area contributed by atoms with Crippen molar-refractivity contribution < 1.29 is 4.74 Å². The number of benzene rings is 1. The number of unbranched alkanes of at least 4 members (excludes halogenated alkanes) is 1. The summed E-state index contributed by atoms with van der Waals surface area (Å²) in [6.07, 6.45) is 3.67. The van der Waals surface area contributed by atoms with Gasteiger partial charge in [0.25, 0.3) is 0 Å². The maximum absolute atomic E-state index is 5.74. The Bertz CT molecular complexity index is 315. The van der Waals surface area contributed by atoms with Crippen LogP contribution in [0, 0.1) is 12.8 Å². The fourth-order valence-corrected chi connectivity index (χ4v) is 1.64. The van der Waals surface area contributed by atoms with Gasteiger partial charge in [-0.05, 0) is 48.9 Å². The molecule has 0 atom stereocenters. The van der Waals surface area contributed by atoms with Gasteiger partial charge in [0.1, 0.15) is 5.75 Å². The van der Waals surface area contributed by atoms with Crippen LogP contribution in [0.5, 0.6) is 5.75 Å². The molecule has 1 aromatic rings. The van der Waals surface area contributed by atoms with Crippen molar-refractivity contribution in [2.75, 3.05) is 6.61 Å².